The maximum Gasteiger partial charge on any atom is 0.277 e. The molecule has 1 amide bonds. The normalized spacial score (nSPS) is 9.38. The van der Waals surface area contributed by atoms with Crippen LogP contribution in [-0.4, -0.2) is 17.9 Å². The molecule has 13 heavy (non-hydrogen) atoms. The third kappa shape index (κ3) is 1.90. The molecular weight excluding hydrogens is 252 g/mol. The van der Waals surface area contributed by atoms with E-state index in [-0.39, 0.29) is 5.91 Å². The van der Waals surface area contributed by atoms with E-state index in [1.807, 2.05) is 12.3 Å². The van der Waals surface area contributed by atoms with E-state index < -0.39 is 0 Å². The van der Waals surface area contributed by atoms with Crippen LogP contribution in [0.5, 0.6) is 0 Å². The number of amides is 1. The molecule has 1 heterocycles. The molecule has 0 spiro atoms. The summed E-state index contributed by atoms with van der Waals surface area (Å²) in [6, 6.07) is 0. The predicted molar refractivity (Wildman–Crippen MR) is 54.5 cm³/mol. The summed E-state index contributed by atoms with van der Waals surface area (Å²) in [5, 5.41) is 10.4. The van der Waals surface area contributed by atoms with E-state index in [9.17, 15) is 4.79 Å². The van der Waals surface area contributed by atoms with Crippen molar-refractivity contribution in [3.05, 3.63) is 20.3 Å². The first-order chi connectivity index (χ1) is 6.07. The summed E-state index contributed by atoms with van der Waals surface area (Å²) in [5.74, 6) is -0.271. The minimum absolute atomic E-state index is 0.271. The first-order valence-corrected chi connectivity index (χ1v) is 5.16. The highest BCUT2D eigenvalue weighted by atomic mass is 79.9. The Kier molecular flexibility index (Phi) is 3.07. The lowest BCUT2D eigenvalue weighted by Gasteiger charge is -2.04. The van der Waals surface area contributed by atoms with Crippen LogP contribution < -0.4 is 0 Å². The average Bonchev–Trinajstić information content (AvgIpc) is 2.45. The molecule has 0 aliphatic rings. The molecule has 0 fully saturated rings. The zero-order valence-electron chi connectivity index (χ0n) is 7.17. The summed E-state index contributed by atoms with van der Waals surface area (Å²) in [7, 11) is 1.45. The summed E-state index contributed by atoms with van der Waals surface area (Å²) in [5.41, 5.74) is 1.01. The lowest BCUT2D eigenvalue weighted by atomic mass is 10.3. The first-order valence-electron chi connectivity index (χ1n) is 3.49. The number of hydrogen-bond acceptors (Lipinski definition) is 3. The van der Waals surface area contributed by atoms with E-state index in [0.29, 0.717) is 4.88 Å². The molecule has 3 nitrogen and oxygen atoms in total. The van der Waals surface area contributed by atoms with E-state index in [0.717, 1.165) is 14.9 Å². The zero-order valence-corrected chi connectivity index (χ0v) is 9.57. The molecule has 0 radical (unpaired) electrons. The summed E-state index contributed by atoms with van der Waals surface area (Å²) in [4.78, 5) is 13.1. The topological polar surface area (TPSA) is 44.1 Å². The van der Waals surface area contributed by atoms with Crippen molar-refractivity contribution in [1.29, 1.82) is 5.26 Å². The van der Waals surface area contributed by atoms with Gasteiger partial charge in [-0.2, -0.15) is 5.26 Å². The van der Waals surface area contributed by atoms with Crippen molar-refractivity contribution in [2.24, 2.45) is 0 Å². The van der Waals surface area contributed by atoms with Gasteiger partial charge in [0.2, 0.25) is 0 Å². The highest BCUT2D eigenvalue weighted by Gasteiger charge is 2.17. The van der Waals surface area contributed by atoms with Gasteiger partial charge < -0.3 is 0 Å². The van der Waals surface area contributed by atoms with Crippen LogP contribution in [0.15, 0.2) is 9.85 Å². The zero-order chi connectivity index (χ0) is 10.0. The van der Waals surface area contributed by atoms with E-state index in [1.54, 1.807) is 6.19 Å². The smallest absolute Gasteiger partial charge is 0.267 e. The summed E-state index contributed by atoms with van der Waals surface area (Å²) >= 11 is 4.64. The van der Waals surface area contributed by atoms with Crippen molar-refractivity contribution in [2.75, 3.05) is 7.05 Å². The van der Waals surface area contributed by atoms with E-state index >= 15 is 0 Å². The monoisotopic (exact) mass is 258 g/mol. The van der Waals surface area contributed by atoms with Gasteiger partial charge in [0.1, 0.15) is 4.88 Å². The third-order valence-corrected chi connectivity index (χ3v) is 3.92. The van der Waals surface area contributed by atoms with Gasteiger partial charge in [0.15, 0.2) is 6.19 Å². The van der Waals surface area contributed by atoms with Crippen LogP contribution in [0.2, 0.25) is 0 Å². The van der Waals surface area contributed by atoms with Crippen molar-refractivity contribution >= 4 is 33.2 Å². The minimum Gasteiger partial charge on any atom is -0.267 e. The van der Waals surface area contributed by atoms with Crippen molar-refractivity contribution in [1.82, 2.24) is 4.90 Å². The van der Waals surface area contributed by atoms with Crippen LogP contribution in [0.3, 0.4) is 0 Å². The van der Waals surface area contributed by atoms with Gasteiger partial charge in [-0.3, -0.25) is 4.79 Å². The third-order valence-electron chi connectivity index (χ3n) is 1.55. The number of thiophene rings is 1. The van der Waals surface area contributed by atoms with E-state index in [2.05, 4.69) is 15.9 Å². The lowest BCUT2D eigenvalue weighted by Crippen LogP contribution is -2.20. The second-order valence-corrected chi connectivity index (χ2v) is 4.20. The SMILES string of the molecule is Cc1csc(C(=O)N(C)C#N)c1Br. The van der Waals surface area contributed by atoms with Crippen molar-refractivity contribution in [3.63, 3.8) is 0 Å². The van der Waals surface area contributed by atoms with E-state index in [4.69, 9.17) is 5.26 Å². The quantitative estimate of drug-likeness (QED) is 0.574. The molecule has 0 aliphatic heterocycles. The van der Waals surface area contributed by atoms with Gasteiger partial charge in [-0.15, -0.1) is 11.3 Å². The molecule has 0 atom stereocenters. The maximum atomic E-state index is 11.5. The van der Waals surface area contributed by atoms with Gasteiger partial charge in [-0.25, -0.2) is 4.90 Å². The second kappa shape index (κ2) is 3.90. The molecule has 5 heteroatoms. The first kappa shape index (κ1) is 10.2. The van der Waals surface area contributed by atoms with Gasteiger partial charge in [0, 0.05) is 11.5 Å². The van der Waals surface area contributed by atoms with E-state index in [1.165, 1.54) is 18.4 Å². The number of rotatable bonds is 1. The number of carbonyl (C=O) groups excluding carboxylic acids is 1. The fourth-order valence-corrected chi connectivity index (χ4v) is 2.40. The Labute approximate surface area is 88.7 Å². The Hall–Kier alpha value is -0.860. The minimum atomic E-state index is -0.271. The number of halogens is 1. The molecule has 0 aromatic carbocycles. The Balaban J connectivity index is 3.04. The van der Waals surface area contributed by atoms with Crippen LogP contribution in [0.1, 0.15) is 15.2 Å². The molecule has 1 rings (SSSR count). The standard InChI is InChI=1S/C8H7BrN2OS/c1-5-3-13-7(6(5)9)8(12)11(2)4-10/h3H,1-2H3. The summed E-state index contributed by atoms with van der Waals surface area (Å²) < 4.78 is 0.782. The Bertz CT molecular complexity index is 380. The van der Waals surface area contributed by atoms with Crippen molar-refractivity contribution in [3.8, 4) is 6.19 Å². The number of nitrogens with zero attached hydrogens (tertiary/aromatic N) is 2. The largest absolute Gasteiger partial charge is 0.277 e. The fourth-order valence-electron chi connectivity index (χ4n) is 0.772. The van der Waals surface area contributed by atoms with Crippen molar-refractivity contribution < 1.29 is 4.79 Å². The Morgan fingerprint density at radius 1 is 1.77 bits per heavy atom. The number of nitriles is 1. The van der Waals surface area contributed by atoms with Crippen LogP contribution in [0.25, 0.3) is 0 Å². The van der Waals surface area contributed by atoms with Crippen LogP contribution >= 0.6 is 27.3 Å². The molecule has 0 saturated carbocycles. The number of carbonyl (C=O) groups is 1. The molecule has 0 aliphatic carbocycles. The van der Waals surface area contributed by atoms with Gasteiger partial charge in [-0.05, 0) is 33.8 Å². The fraction of sp³-hybridized carbons (Fsp3) is 0.250. The second-order valence-electron chi connectivity index (χ2n) is 2.53. The molecule has 0 saturated heterocycles. The molecule has 0 unspecified atom stereocenters. The molecular formula is C8H7BrN2OS. The van der Waals surface area contributed by atoms with Gasteiger partial charge in [-0.1, -0.05) is 0 Å². The molecule has 0 N–H and O–H groups in total. The lowest BCUT2D eigenvalue weighted by molar-refractivity contribution is 0.0862. The Morgan fingerprint density at radius 2 is 2.38 bits per heavy atom. The summed E-state index contributed by atoms with van der Waals surface area (Å²) in [6.45, 7) is 1.91. The summed E-state index contributed by atoms with van der Waals surface area (Å²) in [6.07, 6.45) is 1.77. The van der Waals surface area contributed by atoms with Crippen LogP contribution in [0.4, 0.5) is 0 Å². The molecule has 0 bridgehead atoms. The van der Waals surface area contributed by atoms with Crippen LogP contribution in [0, 0.1) is 18.4 Å². The highest BCUT2D eigenvalue weighted by molar-refractivity contribution is 9.10. The van der Waals surface area contributed by atoms with Gasteiger partial charge >= 0.3 is 0 Å². The van der Waals surface area contributed by atoms with Crippen molar-refractivity contribution in [2.45, 2.75) is 6.92 Å². The molecule has 1 aromatic rings. The molecule has 1 aromatic heterocycles. The highest BCUT2D eigenvalue weighted by Crippen LogP contribution is 2.28. The van der Waals surface area contributed by atoms with Gasteiger partial charge in [0.25, 0.3) is 5.91 Å². The molecule has 68 valence electrons. The number of aryl methyl sites for hydroxylation is 1. The average molecular weight is 259 g/mol. The Morgan fingerprint density at radius 3 is 2.77 bits per heavy atom. The van der Waals surface area contributed by atoms with Crippen LogP contribution in [-0.2, 0) is 0 Å². The van der Waals surface area contributed by atoms with Gasteiger partial charge in [0.05, 0.1) is 0 Å². The maximum absolute atomic E-state index is 11.5. The predicted octanol–water partition coefficient (Wildman–Crippen LogP) is 2.37. The number of hydrogen-bond donors (Lipinski definition) is 0.